The summed E-state index contributed by atoms with van der Waals surface area (Å²) in [5.74, 6) is 1.33. The van der Waals surface area contributed by atoms with E-state index < -0.39 is 4.32 Å². The standard InChI is InChI=1S/C14H20BrNO3/c1-5-19-12-8-10(6-7-11(12)18-4)9-16-13(17)14(2,3)15/h6-8H,5,9H2,1-4H3,(H,16,17). The summed E-state index contributed by atoms with van der Waals surface area (Å²) in [7, 11) is 1.60. The quantitative estimate of drug-likeness (QED) is 0.816. The lowest BCUT2D eigenvalue weighted by molar-refractivity contribution is -0.122. The highest BCUT2D eigenvalue weighted by molar-refractivity contribution is 9.10. The molecule has 0 bridgehead atoms. The second kappa shape index (κ2) is 6.80. The first-order chi connectivity index (χ1) is 8.88. The average molecular weight is 330 g/mol. The fraction of sp³-hybridized carbons (Fsp3) is 0.500. The number of benzene rings is 1. The fourth-order valence-corrected chi connectivity index (χ4v) is 1.63. The van der Waals surface area contributed by atoms with Gasteiger partial charge in [0, 0.05) is 6.54 Å². The molecule has 0 aliphatic heterocycles. The first-order valence-electron chi connectivity index (χ1n) is 6.15. The highest BCUT2D eigenvalue weighted by Gasteiger charge is 2.22. The molecule has 0 aromatic heterocycles. The van der Waals surface area contributed by atoms with Crippen LogP contribution in [0.5, 0.6) is 11.5 Å². The minimum atomic E-state index is -0.567. The highest BCUT2D eigenvalue weighted by atomic mass is 79.9. The first kappa shape index (κ1) is 15.8. The van der Waals surface area contributed by atoms with Crippen molar-refractivity contribution in [1.29, 1.82) is 0 Å². The lowest BCUT2D eigenvalue weighted by Crippen LogP contribution is -2.37. The van der Waals surface area contributed by atoms with Crippen LogP contribution >= 0.6 is 15.9 Å². The number of nitrogens with one attached hydrogen (secondary N) is 1. The summed E-state index contributed by atoms with van der Waals surface area (Å²) in [6.45, 7) is 6.56. The van der Waals surface area contributed by atoms with Gasteiger partial charge in [-0.2, -0.15) is 0 Å². The van der Waals surface area contributed by atoms with Crippen LogP contribution in [-0.2, 0) is 11.3 Å². The van der Waals surface area contributed by atoms with E-state index in [0.717, 1.165) is 5.56 Å². The maximum atomic E-state index is 11.8. The second-order valence-corrected chi connectivity index (χ2v) is 6.56. The third-order valence-electron chi connectivity index (χ3n) is 2.52. The lowest BCUT2D eigenvalue weighted by atomic mass is 10.1. The van der Waals surface area contributed by atoms with Crippen molar-refractivity contribution in [2.75, 3.05) is 13.7 Å². The van der Waals surface area contributed by atoms with Crippen molar-refractivity contribution in [3.63, 3.8) is 0 Å². The van der Waals surface area contributed by atoms with Gasteiger partial charge in [-0.25, -0.2) is 0 Å². The third-order valence-corrected chi connectivity index (χ3v) is 2.88. The van der Waals surface area contributed by atoms with E-state index in [1.165, 1.54) is 0 Å². The van der Waals surface area contributed by atoms with Crippen molar-refractivity contribution in [1.82, 2.24) is 5.32 Å². The van der Waals surface area contributed by atoms with E-state index in [0.29, 0.717) is 24.7 Å². The average Bonchev–Trinajstić information content (AvgIpc) is 2.35. The molecule has 1 N–H and O–H groups in total. The molecule has 0 saturated carbocycles. The highest BCUT2D eigenvalue weighted by Crippen LogP contribution is 2.28. The van der Waals surface area contributed by atoms with E-state index in [4.69, 9.17) is 9.47 Å². The molecule has 1 aromatic carbocycles. The van der Waals surface area contributed by atoms with Crippen LogP contribution in [0, 0.1) is 0 Å². The SMILES string of the molecule is CCOc1cc(CNC(=O)C(C)(C)Br)ccc1OC. The van der Waals surface area contributed by atoms with Gasteiger partial charge in [-0.05, 0) is 38.5 Å². The maximum Gasteiger partial charge on any atom is 0.236 e. The fourth-order valence-electron chi connectivity index (χ4n) is 1.49. The monoisotopic (exact) mass is 329 g/mol. The van der Waals surface area contributed by atoms with Crippen LogP contribution in [0.4, 0.5) is 0 Å². The molecule has 19 heavy (non-hydrogen) atoms. The minimum Gasteiger partial charge on any atom is -0.493 e. The van der Waals surface area contributed by atoms with Gasteiger partial charge in [0.05, 0.1) is 18.0 Å². The van der Waals surface area contributed by atoms with Gasteiger partial charge in [0.1, 0.15) is 0 Å². The number of alkyl halides is 1. The molecule has 106 valence electrons. The maximum absolute atomic E-state index is 11.8. The molecular weight excluding hydrogens is 310 g/mol. The number of hydrogen-bond donors (Lipinski definition) is 1. The van der Waals surface area contributed by atoms with E-state index >= 15 is 0 Å². The number of carbonyl (C=O) groups is 1. The van der Waals surface area contributed by atoms with E-state index in [-0.39, 0.29) is 5.91 Å². The second-order valence-electron chi connectivity index (χ2n) is 4.57. The number of amides is 1. The van der Waals surface area contributed by atoms with E-state index in [1.807, 2.05) is 39.0 Å². The molecule has 0 fully saturated rings. The Bertz CT molecular complexity index is 441. The number of carbonyl (C=O) groups excluding carboxylic acids is 1. The van der Waals surface area contributed by atoms with Gasteiger partial charge in [0.15, 0.2) is 11.5 Å². The van der Waals surface area contributed by atoms with Gasteiger partial charge in [-0.3, -0.25) is 4.79 Å². The van der Waals surface area contributed by atoms with Crippen LogP contribution in [-0.4, -0.2) is 23.9 Å². The predicted octanol–water partition coefficient (Wildman–Crippen LogP) is 2.88. The number of rotatable bonds is 6. The summed E-state index contributed by atoms with van der Waals surface area (Å²) in [6.07, 6.45) is 0. The third kappa shape index (κ3) is 4.74. The lowest BCUT2D eigenvalue weighted by Gasteiger charge is -2.16. The van der Waals surface area contributed by atoms with Gasteiger partial charge in [0.2, 0.25) is 5.91 Å². The van der Waals surface area contributed by atoms with E-state index in [9.17, 15) is 4.79 Å². The Labute approximate surface area is 122 Å². The smallest absolute Gasteiger partial charge is 0.236 e. The zero-order chi connectivity index (χ0) is 14.5. The van der Waals surface area contributed by atoms with Gasteiger partial charge in [0.25, 0.3) is 0 Å². The van der Waals surface area contributed by atoms with E-state index in [1.54, 1.807) is 7.11 Å². The van der Waals surface area contributed by atoms with Crippen LogP contribution in [0.15, 0.2) is 18.2 Å². The molecule has 1 rings (SSSR count). The molecule has 0 aliphatic rings. The largest absolute Gasteiger partial charge is 0.493 e. The molecule has 0 spiro atoms. The van der Waals surface area contributed by atoms with Gasteiger partial charge in [-0.15, -0.1) is 0 Å². The summed E-state index contributed by atoms with van der Waals surface area (Å²) in [5.41, 5.74) is 0.967. The summed E-state index contributed by atoms with van der Waals surface area (Å²) < 4.78 is 10.1. The summed E-state index contributed by atoms with van der Waals surface area (Å²) in [6, 6.07) is 5.62. The van der Waals surface area contributed by atoms with Crippen molar-refractivity contribution in [3.8, 4) is 11.5 Å². The summed E-state index contributed by atoms with van der Waals surface area (Å²) in [4.78, 5) is 11.8. The number of methoxy groups -OCH3 is 1. The Hall–Kier alpha value is -1.23. The summed E-state index contributed by atoms with van der Waals surface area (Å²) in [5, 5.41) is 2.86. The molecule has 0 atom stereocenters. The van der Waals surface area contributed by atoms with Crippen LogP contribution in [0.25, 0.3) is 0 Å². The minimum absolute atomic E-state index is 0.0544. The molecule has 1 amide bonds. The Balaban J connectivity index is 2.74. The summed E-state index contributed by atoms with van der Waals surface area (Å²) >= 11 is 3.32. The molecular formula is C14H20BrNO3. The Morgan fingerprint density at radius 2 is 2.05 bits per heavy atom. The number of hydrogen-bond acceptors (Lipinski definition) is 3. The molecule has 0 saturated heterocycles. The van der Waals surface area contributed by atoms with Crippen molar-refractivity contribution in [2.45, 2.75) is 31.6 Å². The van der Waals surface area contributed by atoms with Crippen molar-refractivity contribution in [3.05, 3.63) is 23.8 Å². The van der Waals surface area contributed by atoms with Crippen molar-refractivity contribution < 1.29 is 14.3 Å². The Morgan fingerprint density at radius 3 is 2.58 bits per heavy atom. The van der Waals surface area contributed by atoms with Gasteiger partial charge >= 0.3 is 0 Å². The molecule has 1 aromatic rings. The molecule has 0 unspecified atom stereocenters. The number of ether oxygens (including phenoxy) is 2. The van der Waals surface area contributed by atoms with Crippen LogP contribution in [0.3, 0.4) is 0 Å². The van der Waals surface area contributed by atoms with Crippen molar-refractivity contribution in [2.24, 2.45) is 0 Å². The Morgan fingerprint density at radius 1 is 1.37 bits per heavy atom. The zero-order valence-corrected chi connectivity index (χ0v) is 13.3. The molecule has 0 aliphatic carbocycles. The van der Waals surface area contributed by atoms with Crippen LogP contribution in [0.1, 0.15) is 26.3 Å². The van der Waals surface area contributed by atoms with Gasteiger partial charge < -0.3 is 14.8 Å². The normalized spacial score (nSPS) is 11.0. The zero-order valence-electron chi connectivity index (χ0n) is 11.7. The molecule has 0 heterocycles. The number of halogens is 1. The molecule has 4 nitrogen and oxygen atoms in total. The topological polar surface area (TPSA) is 47.6 Å². The van der Waals surface area contributed by atoms with Crippen LogP contribution < -0.4 is 14.8 Å². The van der Waals surface area contributed by atoms with Gasteiger partial charge in [-0.1, -0.05) is 22.0 Å². The molecule has 5 heteroatoms. The predicted molar refractivity (Wildman–Crippen MR) is 79.0 cm³/mol. The molecule has 0 radical (unpaired) electrons. The first-order valence-corrected chi connectivity index (χ1v) is 6.94. The van der Waals surface area contributed by atoms with Crippen LogP contribution in [0.2, 0.25) is 0 Å². The van der Waals surface area contributed by atoms with E-state index in [2.05, 4.69) is 21.2 Å². The van der Waals surface area contributed by atoms with Crippen molar-refractivity contribution >= 4 is 21.8 Å². The Kier molecular flexibility index (Phi) is 5.66.